The molecule has 1 saturated heterocycles. The molecule has 2 heterocycles. The zero-order chi connectivity index (χ0) is 17.6. The van der Waals surface area contributed by atoms with Gasteiger partial charge in [-0.15, -0.1) is 24.8 Å². The Morgan fingerprint density at radius 3 is 2.78 bits per heavy atom. The van der Waals surface area contributed by atoms with Crippen LogP contribution in [0.2, 0.25) is 0 Å². The van der Waals surface area contributed by atoms with E-state index in [0.29, 0.717) is 36.9 Å². The molecule has 148 valence electrons. The Balaban J connectivity index is 0.00000182. The van der Waals surface area contributed by atoms with Gasteiger partial charge in [-0.25, -0.2) is 4.98 Å². The number of methoxy groups -OCH3 is 1. The van der Waals surface area contributed by atoms with E-state index in [-0.39, 0.29) is 36.8 Å². The predicted molar refractivity (Wildman–Crippen MR) is 106 cm³/mol. The van der Waals surface area contributed by atoms with Crippen molar-refractivity contribution in [2.24, 2.45) is 0 Å². The van der Waals surface area contributed by atoms with Gasteiger partial charge in [-0.2, -0.15) is 0 Å². The summed E-state index contributed by atoms with van der Waals surface area (Å²) in [5.41, 5.74) is 0.761. The van der Waals surface area contributed by atoms with Gasteiger partial charge in [0.15, 0.2) is 0 Å². The summed E-state index contributed by atoms with van der Waals surface area (Å²) in [6.45, 7) is 0.732. The standard InChI is InChI=1S/C18H21N3O4.2ClH/c1-24-14-5-2-6-15(9-14)25-18-12(4-3-7-19-18)10-21-17(23)16-8-13(22)11-20-16;;/h2-7,9,13,16,20,22H,8,10-11H2,1H3,(H,21,23);2*1H. The third-order valence-electron chi connectivity index (χ3n) is 3.98. The zero-order valence-corrected chi connectivity index (χ0v) is 16.4. The lowest BCUT2D eigenvalue weighted by Gasteiger charge is -2.13. The van der Waals surface area contributed by atoms with Crippen molar-refractivity contribution < 1.29 is 19.4 Å². The van der Waals surface area contributed by atoms with Crippen molar-refractivity contribution in [1.29, 1.82) is 0 Å². The number of carbonyl (C=O) groups is 1. The molecule has 7 nitrogen and oxygen atoms in total. The summed E-state index contributed by atoms with van der Waals surface area (Å²) in [5.74, 6) is 1.57. The molecule has 27 heavy (non-hydrogen) atoms. The van der Waals surface area contributed by atoms with Gasteiger partial charge in [0, 0.05) is 30.9 Å². The molecule has 2 atom stereocenters. The fourth-order valence-electron chi connectivity index (χ4n) is 2.65. The van der Waals surface area contributed by atoms with Crippen molar-refractivity contribution in [1.82, 2.24) is 15.6 Å². The number of amides is 1. The summed E-state index contributed by atoms with van der Waals surface area (Å²) in [7, 11) is 1.59. The number of β-amino-alcohol motifs (C(OH)–C–C–N with tert-alkyl or cyclic N) is 1. The lowest BCUT2D eigenvalue weighted by Crippen LogP contribution is -2.40. The topological polar surface area (TPSA) is 92.7 Å². The van der Waals surface area contributed by atoms with Gasteiger partial charge in [-0.05, 0) is 24.6 Å². The molecule has 1 aromatic carbocycles. The summed E-state index contributed by atoms with van der Waals surface area (Å²) in [6.07, 6.45) is 1.59. The highest BCUT2D eigenvalue weighted by Gasteiger charge is 2.27. The molecule has 0 aliphatic carbocycles. The first-order chi connectivity index (χ1) is 12.2. The molecule has 2 unspecified atom stereocenters. The van der Waals surface area contributed by atoms with Crippen molar-refractivity contribution >= 4 is 30.7 Å². The van der Waals surface area contributed by atoms with Crippen molar-refractivity contribution in [2.75, 3.05) is 13.7 Å². The van der Waals surface area contributed by atoms with Crippen LogP contribution in [0.3, 0.4) is 0 Å². The maximum absolute atomic E-state index is 12.2. The van der Waals surface area contributed by atoms with Crippen LogP contribution in [0.25, 0.3) is 0 Å². The number of aromatic nitrogens is 1. The van der Waals surface area contributed by atoms with Gasteiger partial charge < -0.3 is 25.2 Å². The molecule has 0 bridgehead atoms. The average molecular weight is 416 g/mol. The molecule has 2 aromatic rings. The number of nitrogens with one attached hydrogen (secondary N) is 2. The van der Waals surface area contributed by atoms with Gasteiger partial charge >= 0.3 is 0 Å². The van der Waals surface area contributed by atoms with Gasteiger partial charge in [-0.3, -0.25) is 4.79 Å². The minimum atomic E-state index is -0.471. The lowest BCUT2D eigenvalue weighted by molar-refractivity contribution is -0.123. The van der Waals surface area contributed by atoms with E-state index in [4.69, 9.17) is 9.47 Å². The molecular weight excluding hydrogens is 393 g/mol. The number of halogens is 2. The Morgan fingerprint density at radius 2 is 2.07 bits per heavy atom. The highest BCUT2D eigenvalue weighted by molar-refractivity contribution is 5.85. The third-order valence-corrected chi connectivity index (χ3v) is 3.98. The smallest absolute Gasteiger partial charge is 0.237 e. The maximum atomic E-state index is 12.2. The maximum Gasteiger partial charge on any atom is 0.237 e. The van der Waals surface area contributed by atoms with Crippen LogP contribution >= 0.6 is 24.8 Å². The normalized spacial score (nSPS) is 18.0. The number of pyridine rings is 1. The van der Waals surface area contributed by atoms with Crippen LogP contribution < -0.4 is 20.1 Å². The number of hydrogen-bond acceptors (Lipinski definition) is 6. The quantitative estimate of drug-likeness (QED) is 0.668. The molecule has 1 fully saturated rings. The molecule has 1 aliphatic heterocycles. The van der Waals surface area contributed by atoms with E-state index in [0.717, 1.165) is 5.56 Å². The number of hydrogen-bond donors (Lipinski definition) is 3. The number of rotatable bonds is 6. The Morgan fingerprint density at radius 1 is 1.30 bits per heavy atom. The molecule has 0 saturated carbocycles. The summed E-state index contributed by atoms with van der Waals surface area (Å²) in [5, 5.41) is 15.3. The van der Waals surface area contributed by atoms with E-state index < -0.39 is 6.10 Å². The zero-order valence-electron chi connectivity index (χ0n) is 14.8. The first-order valence-electron chi connectivity index (χ1n) is 8.10. The minimum Gasteiger partial charge on any atom is -0.497 e. The van der Waals surface area contributed by atoms with Crippen LogP contribution in [0, 0.1) is 0 Å². The largest absolute Gasteiger partial charge is 0.497 e. The molecule has 1 amide bonds. The Kier molecular flexibility index (Phi) is 9.31. The molecule has 0 radical (unpaired) electrons. The van der Waals surface area contributed by atoms with Crippen LogP contribution in [-0.2, 0) is 11.3 Å². The molecule has 1 aliphatic rings. The number of carbonyl (C=O) groups excluding carboxylic acids is 1. The fourth-order valence-corrected chi connectivity index (χ4v) is 2.65. The fraction of sp³-hybridized carbons (Fsp3) is 0.333. The number of aliphatic hydroxyl groups excluding tert-OH is 1. The van der Waals surface area contributed by atoms with Crippen LogP contribution in [0.5, 0.6) is 17.4 Å². The second kappa shape index (κ2) is 10.9. The van der Waals surface area contributed by atoms with Crippen LogP contribution in [0.15, 0.2) is 42.6 Å². The Hall–Kier alpha value is -2.06. The van der Waals surface area contributed by atoms with Gasteiger partial charge in [0.1, 0.15) is 11.5 Å². The monoisotopic (exact) mass is 415 g/mol. The Labute approximate surface area is 170 Å². The van der Waals surface area contributed by atoms with E-state index in [9.17, 15) is 9.90 Å². The van der Waals surface area contributed by atoms with Crippen LogP contribution in [0.4, 0.5) is 0 Å². The highest BCUT2D eigenvalue weighted by atomic mass is 35.5. The summed E-state index contributed by atoms with van der Waals surface area (Å²) < 4.78 is 11.0. The van der Waals surface area contributed by atoms with Crippen molar-refractivity contribution in [3.8, 4) is 17.4 Å². The molecule has 0 spiro atoms. The molecule has 3 N–H and O–H groups in total. The van der Waals surface area contributed by atoms with Gasteiger partial charge in [-0.1, -0.05) is 12.1 Å². The van der Waals surface area contributed by atoms with Crippen molar-refractivity contribution in [3.63, 3.8) is 0 Å². The number of ether oxygens (including phenoxy) is 2. The van der Waals surface area contributed by atoms with Crippen LogP contribution in [-0.4, -0.2) is 41.8 Å². The molecule has 3 rings (SSSR count). The average Bonchev–Trinajstić information content (AvgIpc) is 3.07. The number of aliphatic hydroxyl groups is 1. The summed E-state index contributed by atoms with van der Waals surface area (Å²) >= 11 is 0. The SMILES string of the molecule is COc1cccc(Oc2ncccc2CNC(=O)C2CC(O)CN2)c1.Cl.Cl. The molecular formula is C18H23Cl2N3O4. The number of benzene rings is 1. The second-order valence-electron chi connectivity index (χ2n) is 5.82. The summed E-state index contributed by atoms with van der Waals surface area (Å²) in [6, 6.07) is 10.5. The first-order valence-corrected chi connectivity index (χ1v) is 8.10. The molecule has 9 heteroatoms. The van der Waals surface area contributed by atoms with E-state index in [2.05, 4.69) is 15.6 Å². The Bertz CT molecular complexity index is 748. The predicted octanol–water partition coefficient (Wildman–Crippen LogP) is 2.07. The van der Waals surface area contributed by atoms with Crippen LogP contribution in [0.1, 0.15) is 12.0 Å². The summed E-state index contributed by atoms with van der Waals surface area (Å²) in [4.78, 5) is 16.4. The van der Waals surface area contributed by atoms with E-state index in [1.807, 2.05) is 24.3 Å². The third kappa shape index (κ3) is 6.25. The first kappa shape index (κ1) is 23.0. The van der Waals surface area contributed by atoms with Gasteiger partial charge in [0.2, 0.25) is 11.8 Å². The number of nitrogens with zero attached hydrogens (tertiary/aromatic N) is 1. The highest BCUT2D eigenvalue weighted by Crippen LogP contribution is 2.26. The van der Waals surface area contributed by atoms with E-state index in [1.54, 1.807) is 25.4 Å². The minimum absolute atomic E-state index is 0. The van der Waals surface area contributed by atoms with Crippen molar-refractivity contribution in [2.45, 2.75) is 25.1 Å². The van der Waals surface area contributed by atoms with Gasteiger partial charge in [0.25, 0.3) is 0 Å². The lowest BCUT2D eigenvalue weighted by atomic mass is 10.2. The van der Waals surface area contributed by atoms with Gasteiger partial charge in [0.05, 0.1) is 19.3 Å². The van der Waals surface area contributed by atoms with E-state index >= 15 is 0 Å². The molecule has 1 aromatic heterocycles. The van der Waals surface area contributed by atoms with E-state index in [1.165, 1.54) is 0 Å². The second-order valence-corrected chi connectivity index (χ2v) is 5.82. The van der Waals surface area contributed by atoms with Crippen molar-refractivity contribution in [3.05, 3.63) is 48.2 Å².